The van der Waals surface area contributed by atoms with Gasteiger partial charge in [-0.3, -0.25) is 4.79 Å². The molecule has 3 N–H and O–H groups in total. The van der Waals surface area contributed by atoms with E-state index < -0.39 is 5.97 Å². The van der Waals surface area contributed by atoms with Gasteiger partial charge in [0.05, 0.1) is 0 Å². The van der Waals surface area contributed by atoms with Gasteiger partial charge in [0.15, 0.2) is 0 Å². The van der Waals surface area contributed by atoms with Crippen molar-refractivity contribution in [2.45, 2.75) is 32.6 Å². The highest BCUT2D eigenvalue weighted by Gasteiger charge is 1.98. The molecular weight excluding hydrogens is 268 g/mol. The summed E-state index contributed by atoms with van der Waals surface area (Å²) in [6, 6.07) is 7.72. The Labute approximate surface area is 125 Å². The van der Waals surface area contributed by atoms with Gasteiger partial charge >= 0.3 is 12.0 Å². The molecular formula is C16H22N2O3. The van der Waals surface area contributed by atoms with Crippen LogP contribution in [0, 0.1) is 6.92 Å². The molecule has 5 nitrogen and oxygen atoms in total. The maximum absolute atomic E-state index is 11.5. The van der Waals surface area contributed by atoms with E-state index in [0.717, 1.165) is 18.4 Å². The number of unbranched alkanes of at least 4 members (excludes halogenated alkanes) is 2. The summed E-state index contributed by atoms with van der Waals surface area (Å²) in [5.41, 5.74) is 2.20. The molecule has 0 aromatic heterocycles. The molecule has 5 heteroatoms. The molecule has 0 aliphatic carbocycles. The molecule has 0 atom stereocenters. The van der Waals surface area contributed by atoms with Crippen molar-refractivity contribution < 1.29 is 14.7 Å². The highest BCUT2D eigenvalue weighted by atomic mass is 16.4. The lowest BCUT2D eigenvalue weighted by Crippen LogP contribution is -2.32. The molecule has 21 heavy (non-hydrogen) atoms. The second kappa shape index (κ2) is 9.58. The van der Waals surface area contributed by atoms with Gasteiger partial charge < -0.3 is 15.7 Å². The molecule has 0 unspecified atom stereocenters. The Bertz CT molecular complexity index is 498. The molecule has 114 valence electrons. The van der Waals surface area contributed by atoms with Gasteiger partial charge in [0.25, 0.3) is 0 Å². The van der Waals surface area contributed by atoms with Crippen LogP contribution in [-0.2, 0) is 4.79 Å². The van der Waals surface area contributed by atoms with Crippen LogP contribution in [0.15, 0.2) is 30.5 Å². The lowest BCUT2D eigenvalue weighted by molar-refractivity contribution is -0.137. The minimum absolute atomic E-state index is 0.186. The minimum Gasteiger partial charge on any atom is -0.481 e. The van der Waals surface area contributed by atoms with E-state index >= 15 is 0 Å². The first-order chi connectivity index (χ1) is 10.1. The second-order valence-electron chi connectivity index (χ2n) is 4.85. The van der Waals surface area contributed by atoms with Crippen molar-refractivity contribution >= 4 is 18.1 Å². The number of benzene rings is 1. The van der Waals surface area contributed by atoms with E-state index in [9.17, 15) is 9.59 Å². The number of carbonyl (C=O) groups excluding carboxylic acids is 1. The Kier molecular flexibility index (Phi) is 7.64. The summed E-state index contributed by atoms with van der Waals surface area (Å²) in [6.45, 7) is 2.56. The van der Waals surface area contributed by atoms with E-state index in [0.29, 0.717) is 13.0 Å². The predicted octanol–water partition coefficient (Wildman–Crippen LogP) is 2.91. The van der Waals surface area contributed by atoms with Crippen LogP contribution in [0.1, 0.15) is 36.8 Å². The van der Waals surface area contributed by atoms with Gasteiger partial charge in [0.2, 0.25) is 0 Å². The number of rotatable bonds is 8. The van der Waals surface area contributed by atoms with Crippen LogP contribution in [-0.4, -0.2) is 23.7 Å². The minimum atomic E-state index is -0.776. The third-order valence-electron chi connectivity index (χ3n) is 2.89. The van der Waals surface area contributed by atoms with E-state index in [4.69, 9.17) is 5.11 Å². The number of aryl methyl sites for hydroxylation is 1. The fourth-order valence-corrected chi connectivity index (χ4v) is 1.82. The normalized spacial score (nSPS) is 10.5. The van der Waals surface area contributed by atoms with Crippen molar-refractivity contribution in [2.24, 2.45) is 0 Å². The first-order valence-corrected chi connectivity index (χ1v) is 7.07. The quantitative estimate of drug-likeness (QED) is 0.644. The van der Waals surface area contributed by atoms with E-state index in [1.165, 1.54) is 5.56 Å². The lowest BCUT2D eigenvalue weighted by Gasteiger charge is -2.04. The van der Waals surface area contributed by atoms with Crippen LogP contribution < -0.4 is 10.6 Å². The van der Waals surface area contributed by atoms with E-state index in [1.54, 1.807) is 6.20 Å². The smallest absolute Gasteiger partial charge is 0.318 e. The molecule has 0 aliphatic rings. The summed E-state index contributed by atoms with van der Waals surface area (Å²) in [6.07, 6.45) is 5.85. The van der Waals surface area contributed by atoms with Crippen molar-refractivity contribution in [1.29, 1.82) is 0 Å². The topological polar surface area (TPSA) is 78.4 Å². The Morgan fingerprint density at radius 2 is 2.05 bits per heavy atom. The van der Waals surface area contributed by atoms with Crippen molar-refractivity contribution in [3.8, 4) is 0 Å². The van der Waals surface area contributed by atoms with Crippen molar-refractivity contribution in [1.82, 2.24) is 10.6 Å². The van der Waals surface area contributed by atoms with Crippen LogP contribution in [0.4, 0.5) is 4.79 Å². The van der Waals surface area contributed by atoms with E-state index in [-0.39, 0.29) is 12.5 Å². The van der Waals surface area contributed by atoms with Gasteiger partial charge in [-0.25, -0.2) is 4.79 Å². The molecule has 0 saturated carbocycles. The summed E-state index contributed by atoms with van der Waals surface area (Å²) >= 11 is 0. The number of urea groups is 1. The van der Waals surface area contributed by atoms with Gasteiger partial charge in [-0.2, -0.15) is 0 Å². The molecule has 0 fully saturated rings. The molecule has 0 heterocycles. The second-order valence-corrected chi connectivity index (χ2v) is 4.85. The average Bonchev–Trinajstić information content (AvgIpc) is 2.42. The summed E-state index contributed by atoms with van der Waals surface area (Å²) in [4.78, 5) is 21.8. The number of hydrogen-bond donors (Lipinski definition) is 3. The third-order valence-corrected chi connectivity index (χ3v) is 2.89. The molecule has 0 aliphatic heterocycles. The Hall–Kier alpha value is -2.30. The first kappa shape index (κ1) is 16.8. The number of aliphatic carboxylic acids is 1. The van der Waals surface area contributed by atoms with Gasteiger partial charge in [-0.1, -0.05) is 36.2 Å². The van der Waals surface area contributed by atoms with Crippen molar-refractivity contribution in [2.75, 3.05) is 6.54 Å². The van der Waals surface area contributed by atoms with Gasteiger partial charge in [-0.15, -0.1) is 0 Å². The maximum atomic E-state index is 11.5. The number of carboxylic acid groups (broad SMARTS) is 1. The monoisotopic (exact) mass is 290 g/mol. The molecule has 0 saturated heterocycles. The zero-order chi connectivity index (χ0) is 15.5. The third kappa shape index (κ3) is 8.47. The van der Waals surface area contributed by atoms with E-state index in [2.05, 4.69) is 10.6 Å². The molecule has 1 aromatic rings. The summed E-state index contributed by atoms with van der Waals surface area (Å²) < 4.78 is 0. The summed E-state index contributed by atoms with van der Waals surface area (Å²) in [5.74, 6) is -0.776. The highest BCUT2D eigenvalue weighted by molar-refractivity contribution is 5.75. The fourth-order valence-electron chi connectivity index (χ4n) is 1.82. The van der Waals surface area contributed by atoms with Crippen molar-refractivity contribution in [3.63, 3.8) is 0 Å². The SMILES string of the molecule is Cc1cccc(/C=C/NC(=O)NCCCCCC(=O)O)c1. The number of nitrogens with one attached hydrogen (secondary N) is 2. The van der Waals surface area contributed by atoms with Crippen LogP contribution in [0.5, 0.6) is 0 Å². The zero-order valence-corrected chi connectivity index (χ0v) is 12.3. The Morgan fingerprint density at radius 3 is 2.76 bits per heavy atom. The number of hydrogen-bond acceptors (Lipinski definition) is 2. The Balaban J connectivity index is 2.12. The molecule has 0 radical (unpaired) electrons. The number of carbonyl (C=O) groups is 2. The highest BCUT2D eigenvalue weighted by Crippen LogP contribution is 2.04. The van der Waals surface area contributed by atoms with Gasteiger partial charge in [0.1, 0.15) is 0 Å². The average molecular weight is 290 g/mol. The maximum Gasteiger partial charge on any atom is 0.318 e. The van der Waals surface area contributed by atoms with Crippen LogP contribution >= 0.6 is 0 Å². The number of amides is 2. The predicted molar refractivity (Wildman–Crippen MR) is 82.9 cm³/mol. The van der Waals surface area contributed by atoms with Gasteiger partial charge in [-0.05, 0) is 31.4 Å². The standard InChI is InChI=1S/C16H22N2O3/c1-13-6-5-7-14(12-13)9-11-18-16(21)17-10-4-2-3-8-15(19)20/h5-7,9,11-12H,2-4,8,10H2,1H3,(H,19,20)(H2,17,18,21)/b11-9+. The first-order valence-electron chi connectivity index (χ1n) is 7.07. The van der Waals surface area contributed by atoms with E-state index in [1.807, 2.05) is 37.3 Å². The van der Waals surface area contributed by atoms with Crippen molar-refractivity contribution in [3.05, 3.63) is 41.6 Å². The zero-order valence-electron chi connectivity index (χ0n) is 12.3. The number of carboxylic acids is 1. The van der Waals surface area contributed by atoms with Gasteiger partial charge in [0, 0.05) is 19.2 Å². The Morgan fingerprint density at radius 1 is 1.24 bits per heavy atom. The fraction of sp³-hybridized carbons (Fsp3) is 0.375. The molecule has 2 amide bonds. The lowest BCUT2D eigenvalue weighted by atomic mass is 10.1. The van der Waals surface area contributed by atoms with Crippen LogP contribution in [0.2, 0.25) is 0 Å². The molecule has 0 spiro atoms. The molecule has 0 bridgehead atoms. The van der Waals surface area contributed by atoms with Crippen LogP contribution in [0.25, 0.3) is 6.08 Å². The summed E-state index contributed by atoms with van der Waals surface area (Å²) in [5, 5.41) is 13.8. The molecule has 1 rings (SSSR count). The van der Waals surface area contributed by atoms with Crippen LogP contribution in [0.3, 0.4) is 0 Å². The largest absolute Gasteiger partial charge is 0.481 e. The summed E-state index contributed by atoms with van der Waals surface area (Å²) in [7, 11) is 0. The molecule has 1 aromatic carbocycles.